The second-order valence-corrected chi connectivity index (χ2v) is 10.7. The van der Waals surface area contributed by atoms with Gasteiger partial charge in [-0.3, -0.25) is 14.5 Å². The van der Waals surface area contributed by atoms with E-state index >= 15 is 0 Å². The minimum atomic E-state index is -0.160. The standard InChI is InChI=1S/C24H36N4O2S/c1-17-13-18(2)16-27(15-17)10-6-9-25-22(29)19-7-8-21-20(14-19)26-23(30)24(31-21)28-11-4-3-5-12-28/h7-8,14,17-18,24H,3-6,9-13,15-16H2,1-2H3,(H,25,29)(H,26,30)/t17-,18+,24-/m1/s1. The summed E-state index contributed by atoms with van der Waals surface area (Å²) in [7, 11) is 0. The van der Waals surface area contributed by atoms with Crippen LogP contribution in [-0.2, 0) is 4.79 Å². The number of fused-ring (bicyclic) bond motifs is 1. The average molecular weight is 445 g/mol. The van der Waals surface area contributed by atoms with Gasteiger partial charge in [-0.05, 0) is 75.4 Å². The summed E-state index contributed by atoms with van der Waals surface area (Å²) in [6.45, 7) is 10.7. The van der Waals surface area contributed by atoms with Crippen LogP contribution >= 0.6 is 11.8 Å². The van der Waals surface area contributed by atoms with E-state index in [1.165, 1.54) is 25.9 Å². The maximum atomic E-state index is 12.7. The molecule has 0 aliphatic carbocycles. The van der Waals surface area contributed by atoms with Gasteiger partial charge in [0.15, 0.2) is 0 Å². The first-order chi connectivity index (χ1) is 15.0. The predicted molar refractivity (Wildman–Crippen MR) is 126 cm³/mol. The summed E-state index contributed by atoms with van der Waals surface area (Å²) in [6.07, 6.45) is 5.85. The normalized spacial score (nSPS) is 27.4. The van der Waals surface area contributed by atoms with E-state index in [0.29, 0.717) is 12.1 Å². The molecule has 0 radical (unpaired) electrons. The molecule has 7 heteroatoms. The van der Waals surface area contributed by atoms with Crippen molar-refractivity contribution in [3.8, 4) is 0 Å². The minimum absolute atomic E-state index is 0.0296. The van der Waals surface area contributed by atoms with Gasteiger partial charge in [0, 0.05) is 30.1 Å². The van der Waals surface area contributed by atoms with Crippen molar-refractivity contribution in [2.45, 2.75) is 56.2 Å². The van der Waals surface area contributed by atoms with Crippen molar-refractivity contribution in [1.82, 2.24) is 15.1 Å². The molecule has 2 saturated heterocycles. The number of benzene rings is 1. The second kappa shape index (κ2) is 10.4. The molecule has 3 atom stereocenters. The maximum Gasteiger partial charge on any atom is 0.252 e. The number of nitrogens with one attached hydrogen (secondary N) is 2. The fourth-order valence-corrected chi connectivity index (χ4v) is 6.36. The van der Waals surface area contributed by atoms with Gasteiger partial charge in [0.1, 0.15) is 5.37 Å². The van der Waals surface area contributed by atoms with Gasteiger partial charge in [-0.25, -0.2) is 0 Å². The van der Waals surface area contributed by atoms with Gasteiger partial charge in [-0.15, -0.1) is 0 Å². The molecule has 2 amide bonds. The second-order valence-electron chi connectivity index (χ2n) is 9.58. The number of piperidine rings is 2. The number of carbonyl (C=O) groups excluding carboxylic acids is 2. The molecule has 1 aromatic carbocycles. The minimum Gasteiger partial charge on any atom is -0.352 e. The van der Waals surface area contributed by atoms with E-state index in [2.05, 4.69) is 34.3 Å². The largest absolute Gasteiger partial charge is 0.352 e. The van der Waals surface area contributed by atoms with Crippen molar-refractivity contribution in [2.24, 2.45) is 11.8 Å². The van der Waals surface area contributed by atoms with Crippen LogP contribution in [0.4, 0.5) is 5.69 Å². The van der Waals surface area contributed by atoms with E-state index in [9.17, 15) is 9.59 Å². The van der Waals surface area contributed by atoms with Crippen LogP contribution in [0.5, 0.6) is 0 Å². The number of amides is 2. The Balaban J connectivity index is 1.27. The molecule has 0 spiro atoms. The van der Waals surface area contributed by atoms with Crippen LogP contribution in [0.3, 0.4) is 0 Å². The van der Waals surface area contributed by atoms with Crippen molar-refractivity contribution >= 4 is 29.3 Å². The lowest BCUT2D eigenvalue weighted by molar-refractivity contribution is -0.118. The zero-order valence-corrected chi connectivity index (χ0v) is 19.7. The molecule has 1 aromatic rings. The van der Waals surface area contributed by atoms with Gasteiger partial charge in [0.05, 0.1) is 5.69 Å². The Kier molecular flexibility index (Phi) is 7.56. The summed E-state index contributed by atoms with van der Waals surface area (Å²) in [5.41, 5.74) is 1.36. The summed E-state index contributed by atoms with van der Waals surface area (Å²) < 4.78 is 0. The number of nitrogens with zero attached hydrogens (tertiary/aromatic N) is 2. The van der Waals surface area contributed by atoms with E-state index in [-0.39, 0.29) is 17.2 Å². The Morgan fingerprint density at radius 1 is 1.16 bits per heavy atom. The van der Waals surface area contributed by atoms with E-state index in [4.69, 9.17) is 0 Å². The Morgan fingerprint density at radius 3 is 2.65 bits per heavy atom. The van der Waals surface area contributed by atoms with Crippen LogP contribution in [0.15, 0.2) is 23.1 Å². The third-order valence-electron chi connectivity index (χ3n) is 6.57. The Labute approximate surface area is 190 Å². The lowest BCUT2D eigenvalue weighted by Crippen LogP contribution is -2.46. The predicted octanol–water partition coefficient (Wildman–Crippen LogP) is 3.64. The number of hydrogen-bond donors (Lipinski definition) is 2. The molecular formula is C24H36N4O2S. The first-order valence-electron chi connectivity index (χ1n) is 11.9. The van der Waals surface area contributed by atoms with E-state index < -0.39 is 0 Å². The molecule has 3 heterocycles. The number of carbonyl (C=O) groups is 2. The summed E-state index contributed by atoms with van der Waals surface area (Å²) in [5.74, 6) is 1.48. The Bertz CT molecular complexity index is 786. The van der Waals surface area contributed by atoms with Crippen LogP contribution in [-0.4, -0.2) is 66.3 Å². The zero-order chi connectivity index (χ0) is 21.8. The number of anilines is 1. The molecule has 2 fully saturated rings. The van der Waals surface area contributed by atoms with E-state index in [1.807, 2.05) is 18.2 Å². The number of hydrogen-bond acceptors (Lipinski definition) is 5. The Morgan fingerprint density at radius 2 is 1.90 bits per heavy atom. The highest BCUT2D eigenvalue weighted by atomic mass is 32.2. The molecule has 6 nitrogen and oxygen atoms in total. The lowest BCUT2D eigenvalue weighted by atomic mass is 9.92. The van der Waals surface area contributed by atoms with Crippen LogP contribution in [0.2, 0.25) is 0 Å². The molecule has 0 unspecified atom stereocenters. The number of thioether (sulfide) groups is 1. The van der Waals surface area contributed by atoms with Gasteiger partial charge >= 0.3 is 0 Å². The molecule has 3 aliphatic rings. The molecular weight excluding hydrogens is 408 g/mol. The van der Waals surface area contributed by atoms with Crippen LogP contribution in [0.25, 0.3) is 0 Å². The molecule has 2 N–H and O–H groups in total. The molecule has 4 rings (SSSR count). The topological polar surface area (TPSA) is 64.7 Å². The van der Waals surface area contributed by atoms with Crippen molar-refractivity contribution in [3.05, 3.63) is 23.8 Å². The maximum absolute atomic E-state index is 12.7. The first kappa shape index (κ1) is 22.6. The number of likely N-dealkylation sites (tertiary alicyclic amines) is 2. The highest BCUT2D eigenvalue weighted by Crippen LogP contribution is 2.38. The van der Waals surface area contributed by atoms with Gasteiger partial charge < -0.3 is 15.5 Å². The number of rotatable bonds is 6. The van der Waals surface area contributed by atoms with Crippen molar-refractivity contribution in [2.75, 3.05) is 44.6 Å². The van der Waals surface area contributed by atoms with E-state index in [1.54, 1.807) is 11.8 Å². The zero-order valence-electron chi connectivity index (χ0n) is 18.9. The summed E-state index contributed by atoms with van der Waals surface area (Å²) in [6, 6.07) is 5.66. The fourth-order valence-electron chi connectivity index (χ4n) is 5.21. The summed E-state index contributed by atoms with van der Waals surface area (Å²) in [4.78, 5) is 31.1. The van der Waals surface area contributed by atoms with Crippen LogP contribution < -0.4 is 10.6 Å². The molecule has 3 aliphatic heterocycles. The first-order valence-corrected chi connectivity index (χ1v) is 12.7. The van der Waals surface area contributed by atoms with Crippen molar-refractivity contribution < 1.29 is 9.59 Å². The Hall–Kier alpha value is -1.57. The molecule has 0 aromatic heterocycles. The van der Waals surface area contributed by atoms with Crippen molar-refractivity contribution in [1.29, 1.82) is 0 Å². The van der Waals surface area contributed by atoms with Gasteiger partial charge in [-0.2, -0.15) is 0 Å². The monoisotopic (exact) mass is 444 g/mol. The van der Waals surface area contributed by atoms with Gasteiger partial charge in [0.2, 0.25) is 0 Å². The van der Waals surface area contributed by atoms with Crippen LogP contribution in [0.1, 0.15) is 56.3 Å². The highest BCUT2D eigenvalue weighted by Gasteiger charge is 2.33. The molecule has 170 valence electrons. The SMILES string of the molecule is C[C@@H]1C[C@H](C)CN(CCCNC(=O)c2ccc3c(c2)NC(=O)[C@H](N2CCCCC2)S3)C1. The smallest absolute Gasteiger partial charge is 0.252 e. The van der Waals surface area contributed by atoms with Gasteiger partial charge in [0.25, 0.3) is 11.8 Å². The molecule has 31 heavy (non-hydrogen) atoms. The van der Waals surface area contributed by atoms with Crippen molar-refractivity contribution in [3.63, 3.8) is 0 Å². The quantitative estimate of drug-likeness (QED) is 0.656. The summed E-state index contributed by atoms with van der Waals surface area (Å²) >= 11 is 1.61. The highest BCUT2D eigenvalue weighted by molar-refractivity contribution is 8.00. The third-order valence-corrected chi connectivity index (χ3v) is 7.91. The summed E-state index contributed by atoms with van der Waals surface area (Å²) in [5, 5.41) is 5.92. The van der Waals surface area contributed by atoms with Gasteiger partial charge in [-0.1, -0.05) is 32.0 Å². The third kappa shape index (κ3) is 5.82. The van der Waals surface area contributed by atoms with E-state index in [0.717, 1.165) is 61.3 Å². The molecule has 0 bridgehead atoms. The van der Waals surface area contributed by atoms with Crippen LogP contribution in [0, 0.1) is 11.8 Å². The fraction of sp³-hybridized carbons (Fsp3) is 0.667. The lowest BCUT2D eigenvalue weighted by Gasteiger charge is -2.35. The average Bonchev–Trinajstić information content (AvgIpc) is 2.75. The molecule has 0 saturated carbocycles.